The second-order valence-electron chi connectivity index (χ2n) is 5.19. The Hall–Kier alpha value is -3.09. The van der Waals surface area contributed by atoms with Crippen molar-refractivity contribution < 1.29 is 33.0 Å². The Bertz CT molecular complexity index is 911. The maximum absolute atomic E-state index is 13.0. The van der Waals surface area contributed by atoms with E-state index in [1.54, 1.807) is 0 Å². The summed E-state index contributed by atoms with van der Waals surface area (Å²) in [5.41, 5.74) is -1.42. The maximum atomic E-state index is 13.0. The number of benzene rings is 2. The number of carboxylic acids is 1. The lowest BCUT2D eigenvalue weighted by Crippen LogP contribution is -2.15. The first-order valence-corrected chi connectivity index (χ1v) is 6.73. The summed E-state index contributed by atoms with van der Waals surface area (Å²) in [5, 5.41) is 18.9. The highest BCUT2D eigenvalue weighted by Crippen LogP contribution is 2.39. The van der Waals surface area contributed by atoms with E-state index in [1.165, 1.54) is 24.3 Å². The summed E-state index contributed by atoms with van der Waals surface area (Å²) in [6.07, 6.45) is -3.43. The molecule has 2 N–H and O–H groups in total. The topological polar surface area (TPSA) is 74.6 Å². The van der Waals surface area contributed by atoms with Gasteiger partial charge in [-0.3, -0.25) is 4.79 Å². The minimum absolute atomic E-state index is 0.0324. The molecule has 1 aliphatic carbocycles. The van der Waals surface area contributed by atoms with Gasteiger partial charge in [0.2, 0.25) is 0 Å². The van der Waals surface area contributed by atoms with Gasteiger partial charge in [-0.2, -0.15) is 13.2 Å². The zero-order valence-corrected chi connectivity index (χ0v) is 11.9. The number of halogens is 3. The highest BCUT2D eigenvalue weighted by molar-refractivity contribution is 6.27. The number of hydrogen-bond donors (Lipinski definition) is 2. The van der Waals surface area contributed by atoms with Crippen LogP contribution in [0.15, 0.2) is 36.4 Å². The van der Waals surface area contributed by atoms with Crippen molar-refractivity contribution in [3.63, 3.8) is 0 Å². The molecule has 2 aromatic rings. The van der Waals surface area contributed by atoms with Gasteiger partial charge in [0.1, 0.15) is 5.75 Å². The van der Waals surface area contributed by atoms with Crippen molar-refractivity contribution in [1.29, 1.82) is 0 Å². The summed E-state index contributed by atoms with van der Waals surface area (Å²) in [6, 6.07) is 6.53. The van der Waals surface area contributed by atoms with Crippen molar-refractivity contribution in [3.05, 3.63) is 64.2 Å². The largest absolute Gasteiger partial charge is 0.507 e. The number of carbonyl (C=O) groups is 2. The summed E-state index contributed by atoms with van der Waals surface area (Å²) in [4.78, 5) is 23.3. The number of alkyl halides is 3. The lowest BCUT2D eigenvalue weighted by atomic mass is 9.85. The molecule has 2 aromatic carbocycles. The van der Waals surface area contributed by atoms with Crippen LogP contribution in [-0.4, -0.2) is 22.0 Å². The molecule has 3 rings (SSSR count). The number of aromatic hydroxyl groups is 1. The number of rotatable bonds is 3. The third-order valence-electron chi connectivity index (χ3n) is 3.71. The van der Waals surface area contributed by atoms with Gasteiger partial charge in [-0.1, -0.05) is 18.2 Å². The fourth-order valence-electron chi connectivity index (χ4n) is 2.55. The van der Waals surface area contributed by atoms with Crippen LogP contribution >= 0.6 is 0 Å². The monoisotopic (exact) mass is 334 g/mol. The predicted molar refractivity (Wildman–Crippen MR) is 78.5 cm³/mol. The molecule has 0 atom stereocenters. The fraction of sp³-hybridized carbons (Fsp3) is 0.0588. The quantitative estimate of drug-likeness (QED) is 0.842. The molecule has 7 heteroatoms. The van der Waals surface area contributed by atoms with Crippen LogP contribution in [0.25, 0.3) is 11.6 Å². The predicted octanol–water partition coefficient (Wildman–Crippen LogP) is 3.58. The Balaban J connectivity index is 2.07. The molecule has 24 heavy (non-hydrogen) atoms. The van der Waals surface area contributed by atoms with E-state index in [2.05, 4.69) is 0 Å². The van der Waals surface area contributed by atoms with Crippen LogP contribution < -0.4 is 0 Å². The number of carbonyl (C=O) groups excluding carboxylic acids is 1. The molecular weight excluding hydrogens is 325 g/mol. The first-order chi connectivity index (χ1) is 11.2. The highest BCUT2D eigenvalue weighted by Gasteiger charge is 2.36. The van der Waals surface area contributed by atoms with E-state index in [0.717, 1.165) is 18.2 Å². The summed E-state index contributed by atoms with van der Waals surface area (Å²) in [7, 11) is 0. The van der Waals surface area contributed by atoms with E-state index in [4.69, 9.17) is 5.11 Å². The van der Waals surface area contributed by atoms with Crippen LogP contribution in [0.5, 0.6) is 5.75 Å². The van der Waals surface area contributed by atoms with Crippen LogP contribution in [0.1, 0.15) is 32.6 Å². The number of phenolic OH excluding ortho intramolecular Hbond substituents is 1. The molecule has 0 unspecified atom stereocenters. The fourth-order valence-corrected chi connectivity index (χ4v) is 2.55. The zero-order valence-electron chi connectivity index (χ0n) is 11.9. The summed E-state index contributed by atoms with van der Waals surface area (Å²) in [5.74, 6) is -2.74. The molecule has 0 spiro atoms. The molecule has 0 saturated heterocycles. The van der Waals surface area contributed by atoms with Crippen molar-refractivity contribution in [2.24, 2.45) is 0 Å². The number of phenols is 1. The Morgan fingerprint density at radius 2 is 1.67 bits per heavy atom. The van der Waals surface area contributed by atoms with E-state index >= 15 is 0 Å². The van der Waals surface area contributed by atoms with Gasteiger partial charge in [-0.05, 0) is 35.4 Å². The van der Waals surface area contributed by atoms with Crippen molar-refractivity contribution in [1.82, 2.24) is 0 Å². The highest BCUT2D eigenvalue weighted by atomic mass is 19.4. The molecule has 4 nitrogen and oxygen atoms in total. The van der Waals surface area contributed by atoms with Crippen LogP contribution in [-0.2, 0) is 11.0 Å². The number of fused-ring (bicyclic) bond motifs is 1. The molecule has 0 fully saturated rings. The van der Waals surface area contributed by atoms with Crippen LogP contribution in [0, 0.1) is 0 Å². The molecule has 0 radical (unpaired) electrons. The van der Waals surface area contributed by atoms with E-state index < -0.39 is 34.8 Å². The maximum Gasteiger partial charge on any atom is 0.417 e. The van der Waals surface area contributed by atoms with Gasteiger partial charge < -0.3 is 10.2 Å². The summed E-state index contributed by atoms with van der Waals surface area (Å²) < 4.78 is 39.1. The average Bonchev–Trinajstić information content (AvgIpc) is 2.49. The minimum atomic E-state index is -4.71. The van der Waals surface area contributed by atoms with Crippen molar-refractivity contribution in [3.8, 4) is 5.75 Å². The van der Waals surface area contributed by atoms with E-state index in [1.807, 2.05) is 0 Å². The first-order valence-electron chi connectivity index (χ1n) is 6.73. The van der Waals surface area contributed by atoms with E-state index in [-0.39, 0.29) is 16.7 Å². The Kier molecular flexibility index (Phi) is 3.44. The van der Waals surface area contributed by atoms with Crippen LogP contribution in [0.4, 0.5) is 13.2 Å². The number of carboxylic acid groups (broad SMARTS) is 1. The lowest BCUT2D eigenvalue weighted by Gasteiger charge is -2.19. The van der Waals surface area contributed by atoms with Crippen molar-refractivity contribution >= 4 is 23.4 Å². The molecule has 0 heterocycles. The van der Waals surface area contributed by atoms with Gasteiger partial charge >= 0.3 is 12.1 Å². The molecule has 0 aromatic heterocycles. The molecule has 0 saturated carbocycles. The normalized spacial score (nSPS) is 12.9. The second-order valence-corrected chi connectivity index (χ2v) is 5.19. The molecular formula is C17H9F3O4. The zero-order chi connectivity index (χ0) is 17.6. The molecule has 0 aliphatic heterocycles. The lowest BCUT2D eigenvalue weighted by molar-refractivity contribution is -0.138. The standard InChI is InChI=1S/C17H9F3O4/c18-17(19,20)13-4-2-1-3-9(13)15(22)12-6-8-5-11(16(23)24)10(8)7-14(12)21/h1-7,21H,(H,23,24). The van der Waals surface area contributed by atoms with E-state index in [9.17, 15) is 27.9 Å². The van der Waals surface area contributed by atoms with Gasteiger partial charge in [0, 0.05) is 5.56 Å². The number of hydrogen-bond acceptors (Lipinski definition) is 3. The minimum Gasteiger partial charge on any atom is -0.507 e. The van der Waals surface area contributed by atoms with Crippen molar-refractivity contribution in [2.75, 3.05) is 0 Å². The van der Waals surface area contributed by atoms with Crippen LogP contribution in [0.2, 0.25) is 0 Å². The van der Waals surface area contributed by atoms with Crippen LogP contribution in [0.3, 0.4) is 0 Å². The van der Waals surface area contributed by atoms with E-state index in [0.29, 0.717) is 5.56 Å². The van der Waals surface area contributed by atoms with Gasteiger partial charge in [0.25, 0.3) is 0 Å². The third-order valence-corrected chi connectivity index (χ3v) is 3.71. The van der Waals surface area contributed by atoms with Gasteiger partial charge in [-0.25, -0.2) is 4.79 Å². The first kappa shape index (κ1) is 15.8. The molecule has 122 valence electrons. The average molecular weight is 334 g/mol. The second kappa shape index (κ2) is 5.23. The molecule has 0 amide bonds. The Morgan fingerprint density at radius 1 is 1.00 bits per heavy atom. The Labute approximate surface area is 133 Å². The van der Waals surface area contributed by atoms with Crippen molar-refractivity contribution in [2.45, 2.75) is 6.18 Å². The van der Waals surface area contributed by atoms with Gasteiger partial charge in [-0.15, -0.1) is 0 Å². The molecule has 1 aliphatic rings. The smallest absolute Gasteiger partial charge is 0.417 e. The number of ketones is 1. The van der Waals surface area contributed by atoms with Gasteiger partial charge in [0.05, 0.1) is 16.7 Å². The van der Waals surface area contributed by atoms with Gasteiger partial charge in [0.15, 0.2) is 5.78 Å². The Morgan fingerprint density at radius 3 is 2.29 bits per heavy atom. The summed E-state index contributed by atoms with van der Waals surface area (Å²) >= 11 is 0. The summed E-state index contributed by atoms with van der Waals surface area (Å²) in [6.45, 7) is 0. The molecule has 0 bridgehead atoms. The number of aliphatic carboxylic acids is 1. The third kappa shape index (κ3) is 2.44. The SMILES string of the molecule is O=C(O)C1=Cc2cc(C(=O)c3ccccc3C(F)(F)F)c(O)cc21.